The predicted molar refractivity (Wildman–Crippen MR) is 107 cm³/mol. The van der Waals surface area contributed by atoms with Gasteiger partial charge in [0.1, 0.15) is 12.4 Å². The number of aromatic nitrogens is 1. The van der Waals surface area contributed by atoms with Crippen molar-refractivity contribution in [2.75, 3.05) is 49.1 Å². The standard InChI is InChI=1S/C20H19ClN4O3/c21-14-5-6-16-18(13-14)27-12-11-25(16)20(26)24-9-7-23(8-10-24)19-15-3-1-2-4-17(15)28-22-19/h1-6,13H,7-12H2. The van der Waals surface area contributed by atoms with Gasteiger partial charge in [-0.25, -0.2) is 4.79 Å². The SMILES string of the molecule is O=C(N1CCN(c2noc3ccccc23)CC1)N1CCOc2cc(Cl)ccc21. The Morgan fingerprint density at radius 3 is 2.71 bits per heavy atom. The van der Waals surface area contributed by atoms with Gasteiger partial charge in [0.15, 0.2) is 11.4 Å². The molecule has 0 bridgehead atoms. The molecule has 144 valence electrons. The first-order valence-electron chi connectivity index (χ1n) is 9.29. The number of nitrogens with zero attached hydrogens (tertiary/aromatic N) is 4. The van der Waals surface area contributed by atoms with E-state index in [1.807, 2.05) is 35.2 Å². The summed E-state index contributed by atoms with van der Waals surface area (Å²) in [6.45, 7) is 3.66. The van der Waals surface area contributed by atoms with Gasteiger partial charge in [-0.05, 0) is 24.3 Å². The van der Waals surface area contributed by atoms with E-state index in [9.17, 15) is 4.79 Å². The number of fused-ring (bicyclic) bond motifs is 2. The molecule has 7 nitrogen and oxygen atoms in total. The lowest BCUT2D eigenvalue weighted by molar-refractivity contribution is 0.196. The van der Waals surface area contributed by atoms with Crippen LogP contribution in [0.2, 0.25) is 5.02 Å². The number of urea groups is 1. The zero-order valence-electron chi connectivity index (χ0n) is 15.2. The molecule has 0 spiro atoms. The molecule has 3 aromatic rings. The third-order valence-corrected chi connectivity index (χ3v) is 5.46. The lowest BCUT2D eigenvalue weighted by atomic mass is 10.2. The first-order valence-corrected chi connectivity index (χ1v) is 9.67. The van der Waals surface area contributed by atoms with Gasteiger partial charge in [0.25, 0.3) is 0 Å². The molecule has 1 saturated heterocycles. The minimum absolute atomic E-state index is 0.00321. The summed E-state index contributed by atoms with van der Waals surface area (Å²) in [4.78, 5) is 18.9. The third kappa shape index (κ3) is 2.92. The maximum atomic E-state index is 13.1. The van der Waals surface area contributed by atoms with Crippen LogP contribution in [-0.2, 0) is 0 Å². The van der Waals surface area contributed by atoms with Crippen LogP contribution < -0.4 is 14.5 Å². The van der Waals surface area contributed by atoms with Crippen LogP contribution in [0.1, 0.15) is 0 Å². The number of piperazine rings is 1. The van der Waals surface area contributed by atoms with Gasteiger partial charge >= 0.3 is 6.03 Å². The van der Waals surface area contributed by atoms with Crippen LogP contribution in [-0.4, -0.2) is 55.4 Å². The van der Waals surface area contributed by atoms with Crippen molar-refractivity contribution in [1.82, 2.24) is 10.1 Å². The number of amides is 2. The van der Waals surface area contributed by atoms with E-state index in [0.717, 1.165) is 22.5 Å². The molecule has 2 amide bonds. The first kappa shape index (κ1) is 17.2. The summed E-state index contributed by atoms with van der Waals surface area (Å²) >= 11 is 6.05. The fraction of sp³-hybridized carbons (Fsp3) is 0.300. The number of halogens is 1. The van der Waals surface area contributed by atoms with Crippen molar-refractivity contribution in [1.29, 1.82) is 0 Å². The highest BCUT2D eigenvalue weighted by Gasteiger charge is 2.30. The number of rotatable bonds is 1. The second-order valence-corrected chi connectivity index (χ2v) is 7.31. The third-order valence-electron chi connectivity index (χ3n) is 5.22. The van der Waals surface area contributed by atoms with Gasteiger partial charge in [-0.3, -0.25) is 4.90 Å². The monoisotopic (exact) mass is 398 g/mol. The summed E-state index contributed by atoms with van der Waals surface area (Å²) in [5.74, 6) is 1.49. The van der Waals surface area contributed by atoms with Crippen LogP contribution in [0, 0.1) is 0 Å². The fourth-order valence-electron chi connectivity index (χ4n) is 3.77. The molecule has 0 unspecified atom stereocenters. The predicted octanol–water partition coefficient (Wildman–Crippen LogP) is 3.62. The van der Waals surface area contributed by atoms with Crippen molar-refractivity contribution in [3.63, 3.8) is 0 Å². The molecule has 2 aliphatic heterocycles. The molecule has 0 atom stereocenters. The van der Waals surface area contributed by atoms with E-state index in [0.29, 0.717) is 50.1 Å². The summed E-state index contributed by atoms with van der Waals surface area (Å²) < 4.78 is 11.1. The van der Waals surface area contributed by atoms with E-state index in [2.05, 4.69) is 10.1 Å². The maximum Gasteiger partial charge on any atom is 0.324 e. The number of carbonyl (C=O) groups is 1. The smallest absolute Gasteiger partial charge is 0.324 e. The highest BCUT2D eigenvalue weighted by Crippen LogP contribution is 2.35. The van der Waals surface area contributed by atoms with Crippen molar-refractivity contribution in [2.45, 2.75) is 0 Å². The van der Waals surface area contributed by atoms with Crippen molar-refractivity contribution in [3.8, 4) is 5.75 Å². The van der Waals surface area contributed by atoms with Crippen LogP contribution in [0.4, 0.5) is 16.3 Å². The second-order valence-electron chi connectivity index (χ2n) is 6.87. The van der Waals surface area contributed by atoms with Crippen LogP contribution in [0.3, 0.4) is 0 Å². The second kappa shape index (κ2) is 6.91. The van der Waals surface area contributed by atoms with Crippen molar-refractivity contribution >= 4 is 40.1 Å². The van der Waals surface area contributed by atoms with Gasteiger partial charge in [0.2, 0.25) is 0 Å². The summed E-state index contributed by atoms with van der Waals surface area (Å²) in [6.07, 6.45) is 0. The zero-order chi connectivity index (χ0) is 19.1. The molecule has 2 aromatic carbocycles. The molecular formula is C20H19ClN4O3. The molecule has 0 radical (unpaired) electrons. The number of ether oxygens (including phenoxy) is 1. The summed E-state index contributed by atoms with van der Waals surface area (Å²) in [6, 6.07) is 13.2. The number of para-hydroxylation sites is 1. The van der Waals surface area contributed by atoms with Gasteiger partial charge in [0.05, 0.1) is 17.6 Å². The first-order chi connectivity index (χ1) is 13.7. The molecule has 0 saturated carbocycles. The number of carbonyl (C=O) groups excluding carboxylic acids is 1. The van der Waals surface area contributed by atoms with Gasteiger partial charge in [0, 0.05) is 37.3 Å². The zero-order valence-corrected chi connectivity index (χ0v) is 15.9. The minimum atomic E-state index is -0.00321. The quantitative estimate of drug-likeness (QED) is 0.626. The Labute approximate surface area is 167 Å². The van der Waals surface area contributed by atoms with Crippen LogP contribution >= 0.6 is 11.6 Å². The van der Waals surface area contributed by atoms with Crippen LogP contribution in [0.25, 0.3) is 11.0 Å². The van der Waals surface area contributed by atoms with E-state index in [1.165, 1.54) is 0 Å². The Balaban J connectivity index is 1.30. The highest BCUT2D eigenvalue weighted by atomic mass is 35.5. The molecule has 2 aliphatic rings. The van der Waals surface area contributed by atoms with Crippen molar-refractivity contribution < 1.29 is 14.1 Å². The van der Waals surface area contributed by atoms with Gasteiger partial charge in [-0.1, -0.05) is 28.9 Å². The maximum absolute atomic E-state index is 13.1. The van der Waals surface area contributed by atoms with E-state index in [-0.39, 0.29) is 6.03 Å². The average molecular weight is 399 g/mol. The molecule has 1 aromatic heterocycles. The Morgan fingerprint density at radius 1 is 1.04 bits per heavy atom. The Bertz CT molecular complexity index is 1030. The number of benzene rings is 2. The number of hydrogen-bond donors (Lipinski definition) is 0. The number of anilines is 2. The van der Waals surface area contributed by atoms with Gasteiger partial charge in [-0.2, -0.15) is 0 Å². The van der Waals surface area contributed by atoms with Crippen molar-refractivity contribution in [3.05, 3.63) is 47.5 Å². The van der Waals surface area contributed by atoms with Crippen LogP contribution in [0.5, 0.6) is 5.75 Å². The highest BCUT2D eigenvalue weighted by molar-refractivity contribution is 6.30. The van der Waals surface area contributed by atoms with Gasteiger partial charge < -0.3 is 19.1 Å². The largest absolute Gasteiger partial charge is 0.489 e. The molecule has 3 heterocycles. The Hall–Kier alpha value is -2.93. The molecule has 28 heavy (non-hydrogen) atoms. The molecule has 0 aliphatic carbocycles. The summed E-state index contributed by atoms with van der Waals surface area (Å²) in [5, 5.41) is 5.82. The minimum Gasteiger partial charge on any atom is -0.489 e. The molecule has 8 heteroatoms. The lowest BCUT2D eigenvalue weighted by Crippen LogP contribution is -2.54. The molecule has 5 rings (SSSR count). The van der Waals surface area contributed by atoms with Crippen LogP contribution in [0.15, 0.2) is 47.0 Å². The Kier molecular flexibility index (Phi) is 4.24. The normalized spacial score (nSPS) is 16.8. The van der Waals surface area contributed by atoms with E-state index >= 15 is 0 Å². The average Bonchev–Trinajstić information content (AvgIpc) is 3.17. The molecular weight excluding hydrogens is 380 g/mol. The summed E-state index contributed by atoms with van der Waals surface area (Å²) in [7, 11) is 0. The van der Waals surface area contributed by atoms with E-state index < -0.39 is 0 Å². The number of hydrogen-bond acceptors (Lipinski definition) is 5. The Morgan fingerprint density at radius 2 is 1.86 bits per heavy atom. The lowest BCUT2D eigenvalue weighted by Gasteiger charge is -2.39. The molecule has 0 N–H and O–H groups in total. The molecule has 1 fully saturated rings. The van der Waals surface area contributed by atoms with Crippen molar-refractivity contribution in [2.24, 2.45) is 0 Å². The van der Waals surface area contributed by atoms with E-state index in [4.69, 9.17) is 20.9 Å². The fourth-order valence-corrected chi connectivity index (χ4v) is 3.94. The van der Waals surface area contributed by atoms with Gasteiger partial charge in [-0.15, -0.1) is 0 Å². The summed E-state index contributed by atoms with van der Waals surface area (Å²) in [5.41, 5.74) is 1.55. The van der Waals surface area contributed by atoms with E-state index in [1.54, 1.807) is 17.0 Å². The topological polar surface area (TPSA) is 62.1 Å².